The number of urea groups is 1. The Labute approximate surface area is 230 Å². The number of carbonyl (C=O) groups excluding carboxylic acids is 2. The molecule has 0 N–H and O–H groups in total. The lowest BCUT2D eigenvalue weighted by Gasteiger charge is -2.42. The van der Waals surface area contributed by atoms with Gasteiger partial charge in [-0.1, -0.05) is 35.9 Å². The van der Waals surface area contributed by atoms with Crippen molar-refractivity contribution < 1.29 is 9.59 Å². The molecule has 4 aliphatic rings. The number of anilines is 2. The minimum atomic E-state index is -0.709. The van der Waals surface area contributed by atoms with Gasteiger partial charge in [0.25, 0.3) is 5.91 Å². The second-order valence-electron chi connectivity index (χ2n) is 11.2. The number of imide groups is 1. The van der Waals surface area contributed by atoms with E-state index in [2.05, 4.69) is 39.0 Å². The van der Waals surface area contributed by atoms with E-state index in [1.54, 1.807) is 4.90 Å². The predicted molar refractivity (Wildman–Crippen MR) is 152 cm³/mol. The Morgan fingerprint density at radius 3 is 2.29 bits per heavy atom. The summed E-state index contributed by atoms with van der Waals surface area (Å²) in [6.07, 6.45) is 4.72. The van der Waals surface area contributed by atoms with Crippen LogP contribution in [0.2, 0.25) is 5.02 Å². The molecule has 1 unspecified atom stereocenters. The van der Waals surface area contributed by atoms with Gasteiger partial charge in [0.15, 0.2) is 0 Å². The molecule has 2 aromatic carbocycles. The Balaban J connectivity index is 1.11. The normalized spacial score (nSPS) is 23.9. The third kappa shape index (κ3) is 4.43. The molecular formula is C30H38ClN5O2. The molecule has 4 heterocycles. The largest absolute Gasteiger partial charge is 0.372 e. The topological polar surface area (TPSA) is 50.3 Å². The van der Waals surface area contributed by atoms with E-state index in [1.165, 1.54) is 24.1 Å². The van der Waals surface area contributed by atoms with Crippen molar-refractivity contribution >= 4 is 34.9 Å². The minimum Gasteiger partial charge on any atom is -0.372 e. The number of hydrogen-bond donors (Lipinski definition) is 0. The van der Waals surface area contributed by atoms with E-state index >= 15 is 0 Å². The van der Waals surface area contributed by atoms with Gasteiger partial charge in [0.05, 0.1) is 16.8 Å². The first kappa shape index (κ1) is 25.5. The van der Waals surface area contributed by atoms with Crippen LogP contribution in [0.1, 0.15) is 44.6 Å². The molecule has 0 radical (unpaired) electrons. The van der Waals surface area contributed by atoms with Crippen molar-refractivity contribution in [2.45, 2.75) is 57.2 Å². The van der Waals surface area contributed by atoms with Gasteiger partial charge in [-0.05, 0) is 68.9 Å². The number of halogens is 1. The molecule has 8 heteroatoms. The van der Waals surface area contributed by atoms with E-state index in [4.69, 9.17) is 11.6 Å². The molecule has 0 saturated carbocycles. The van der Waals surface area contributed by atoms with Gasteiger partial charge in [0.2, 0.25) is 0 Å². The fourth-order valence-electron chi connectivity index (χ4n) is 6.99. The smallest absolute Gasteiger partial charge is 0.327 e. The highest BCUT2D eigenvalue weighted by atomic mass is 35.5. The molecule has 0 bridgehead atoms. The molecule has 3 amide bonds. The maximum absolute atomic E-state index is 14.0. The zero-order chi connectivity index (χ0) is 26.3. The molecule has 202 valence electrons. The standard InChI is InChI=1S/C30H38ClN5O2/c1-2-35-29(38)36(25-13-18-34(22-25)27-8-4-3-7-26(27)31)28(37)30(35)14-19-32(20-15-30)21-23-9-11-24(12-10-23)33-16-5-6-17-33/h3-4,7-12,25H,2,5-6,13-22H2,1H3. The average molecular weight is 536 g/mol. The highest BCUT2D eigenvalue weighted by Gasteiger charge is 2.59. The fourth-order valence-corrected chi connectivity index (χ4v) is 7.24. The number of amides is 3. The van der Waals surface area contributed by atoms with Crippen LogP contribution in [0.3, 0.4) is 0 Å². The van der Waals surface area contributed by atoms with Crippen LogP contribution in [0, 0.1) is 0 Å². The molecule has 0 aliphatic carbocycles. The van der Waals surface area contributed by atoms with Crippen LogP contribution in [0.5, 0.6) is 0 Å². The summed E-state index contributed by atoms with van der Waals surface area (Å²) in [7, 11) is 0. The average Bonchev–Trinajstić information content (AvgIpc) is 3.67. The number of carbonyl (C=O) groups is 2. The van der Waals surface area contributed by atoms with Crippen LogP contribution < -0.4 is 9.80 Å². The summed E-state index contributed by atoms with van der Waals surface area (Å²) in [5.74, 6) is 0.00461. The van der Waals surface area contributed by atoms with Crippen molar-refractivity contribution in [1.29, 1.82) is 0 Å². The summed E-state index contributed by atoms with van der Waals surface area (Å²) in [6, 6.07) is 16.5. The number of likely N-dealkylation sites (N-methyl/N-ethyl adjacent to an activating group) is 1. The van der Waals surface area contributed by atoms with Gasteiger partial charge >= 0.3 is 6.03 Å². The van der Waals surface area contributed by atoms with Crippen molar-refractivity contribution in [2.75, 3.05) is 55.6 Å². The number of benzene rings is 2. The number of nitrogens with zero attached hydrogens (tertiary/aromatic N) is 5. The molecule has 1 atom stereocenters. The van der Waals surface area contributed by atoms with E-state index in [1.807, 2.05) is 36.1 Å². The van der Waals surface area contributed by atoms with Crippen molar-refractivity contribution in [3.63, 3.8) is 0 Å². The van der Waals surface area contributed by atoms with Crippen molar-refractivity contribution in [3.8, 4) is 0 Å². The Kier molecular flexibility index (Phi) is 6.99. The van der Waals surface area contributed by atoms with Gasteiger partial charge in [-0.2, -0.15) is 0 Å². The maximum Gasteiger partial charge on any atom is 0.327 e. The molecule has 4 fully saturated rings. The SMILES string of the molecule is CCN1C(=O)N(C2CCN(c3ccccc3Cl)C2)C(=O)C12CCN(Cc1ccc(N3CCCC3)cc1)CC2. The summed E-state index contributed by atoms with van der Waals surface area (Å²) < 4.78 is 0. The Morgan fingerprint density at radius 1 is 0.895 bits per heavy atom. The van der Waals surface area contributed by atoms with E-state index in [9.17, 15) is 9.59 Å². The first-order valence-corrected chi connectivity index (χ1v) is 14.6. The van der Waals surface area contributed by atoms with Crippen LogP contribution in [0.15, 0.2) is 48.5 Å². The first-order valence-electron chi connectivity index (χ1n) is 14.2. The van der Waals surface area contributed by atoms with Crippen LogP contribution in [-0.4, -0.2) is 84.0 Å². The lowest BCUT2D eigenvalue weighted by atomic mass is 9.85. The second kappa shape index (κ2) is 10.4. The van der Waals surface area contributed by atoms with E-state index < -0.39 is 5.54 Å². The van der Waals surface area contributed by atoms with Gasteiger partial charge in [-0.3, -0.25) is 14.6 Å². The molecular weight excluding hydrogens is 498 g/mol. The lowest BCUT2D eigenvalue weighted by Crippen LogP contribution is -2.56. The van der Waals surface area contributed by atoms with Gasteiger partial charge in [-0.15, -0.1) is 0 Å². The Bertz CT molecular complexity index is 1170. The molecule has 7 nitrogen and oxygen atoms in total. The van der Waals surface area contributed by atoms with Crippen molar-refractivity contribution in [3.05, 3.63) is 59.1 Å². The highest BCUT2D eigenvalue weighted by Crippen LogP contribution is 2.40. The lowest BCUT2D eigenvalue weighted by molar-refractivity contribution is -0.136. The fraction of sp³-hybridized carbons (Fsp3) is 0.533. The highest BCUT2D eigenvalue weighted by molar-refractivity contribution is 6.33. The van der Waals surface area contributed by atoms with E-state index in [0.29, 0.717) is 31.0 Å². The third-order valence-electron chi connectivity index (χ3n) is 9.11. The zero-order valence-electron chi connectivity index (χ0n) is 22.3. The van der Waals surface area contributed by atoms with Crippen molar-refractivity contribution in [1.82, 2.24) is 14.7 Å². The number of hydrogen-bond acceptors (Lipinski definition) is 5. The number of likely N-dealkylation sites (tertiary alicyclic amines) is 1. The summed E-state index contributed by atoms with van der Waals surface area (Å²) in [5.41, 5.74) is 2.88. The predicted octanol–water partition coefficient (Wildman–Crippen LogP) is 4.84. The maximum atomic E-state index is 14.0. The molecule has 2 aromatic rings. The van der Waals surface area contributed by atoms with Crippen molar-refractivity contribution in [2.24, 2.45) is 0 Å². The van der Waals surface area contributed by atoms with Gasteiger partial charge in [0.1, 0.15) is 5.54 Å². The Morgan fingerprint density at radius 2 is 1.61 bits per heavy atom. The number of rotatable bonds is 6. The quantitative estimate of drug-likeness (QED) is 0.496. The van der Waals surface area contributed by atoms with Crippen LogP contribution in [0.25, 0.3) is 0 Å². The minimum absolute atomic E-state index is 0.00461. The first-order chi connectivity index (χ1) is 18.5. The molecule has 6 rings (SSSR count). The number of para-hydroxylation sites is 1. The second-order valence-corrected chi connectivity index (χ2v) is 11.6. The molecule has 4 aliphatic heterocycles. The Hall–Kier alpha value is -2.77. The van der Waals surface area contributed by atoms with Gasteiger partial charge in [0, 0.05) is 58.0 Å². The zero-order valence-corrected chi connectivity index (χ0v) is 23.1. The van der Waals surface area contributed by atoms with E-state index in [0.717, 1.165) is 51.4 Å². The van der Waals surface area contributed by atoms with Gasteiger partial charge in [-0.25, -0.2) is 4.79 Å². The monoisotopic (exact) mass is 535 g/mol. The third-order valence-corrected chi connectivity index (χ3v) is 9.43. The van der Waals surface area contributed by atoms with Crippen LogP contribution in [-0.2, 0) is 11.3 Å². The van der Waals surface area contributed by atoms with Crippen LogP contribution in [0.4, 0.5) is 16.2 Å². The number of piperidine rings is 1. The molecule has 1 spiro atoms. The van der Waals surface area contributed by atoms with Crippen LogP contribution >= 0.6 is 11.6 Å². The summed E-state index contributed by atoms with van der Waals surface area (Å²) in [4.78, 5) is 38.1. The summed E-state index contributed by atoms with van der Waals surface area (Å²) >= 11 is 6.44. The summed E-state index contributed by atoms with van der Waals surface area (Å²) in [5, 5.41) is 0.705. The molecule has 0 aromatic heterocycles. The molecule has 4 saturated heterocycles. The van der Waals surface area contributed by atoms with E-state index in [-0.39, 0.29) is 18.0 Å². The summed E-state index contributed by atoms with van der Waals surface area (Å²) in [6.45, 7) is 8.79. The molecule has 38 heavy (non-hydrogen) atoms. The van der Waals surface area contributed by atoms with Gasteiger partial charge < -0.3 is 14.7 Å².